The van der Waals surface area contributed by atoms with Gasteiger partial charge in [0.15, 0.2) is 0 Å². The van der Waals surface area contributed by atoms with Gasteiger partial charge >= 0.3 is 0 Å². The molecule has 0 aromatic carbocycles. The molecular formula is C20H22N6O2. The monoisotopic (exact) mass is 378 g/mol. The van der Waals surface area contributed by atoms with Crippen LogP contribution in [-0.2, 0) is 13.6 Å². The number of nitrogens with zero attached hydrogens (tertiary/aromatic N) is 6. The molecule has 4 rings (SSSR count). The Bertz CT molecular complexity index is 1020. The summed E-state index contributed by atoms with van der Waals surface area (Å²) in [4.78, 5) is 35.4. The molecule has 1 aliphatic rings. The molecule has 0 aliphatic carbocycles. The first-order valence-corrected chi connectivity index (χ1v) is 9.36. The normalized spacial score (nSPS) is 15.0. The van der Waals surface area contributed by atoms with Crippen LogP contribution in [0.15, 0.2) is 54.0 Å². The number of amides is 1. The van der Waals surface area contributed by atoms with Crippen molar-refractivity contribution in [2.24, 2.45) is 13.0 Å². The standard InChI is InChI=1S/C20H22N6O2/c1-24-18(4-8-23-24)20(28)25-9-5-15(6-10-25)13-26-14-22-17(11-19(26)27)16-3-2-7-21-12-16/h2-4,7-8,11-12,14-15H,5-6,9-10,13H2,1H3. The van der Waals surface area contributed by atoms with Gasteiger partial charge in [0.2, 0.25) is 0 Å². The Hall–Kier alpha value is -3.29. The zero-order chi connectivity index (χ0) is 19.5. The average Bonchev–Trinajstić information content (AvgIpc) is 3.16. The van der Waals surface area contributed by atoms with Gasteiger partial charge in [0, 0.05) is 56.9 Å². The summed E-state index contributed by atoms with van der Waals surface area (Å²) >= 11 is 0. The van der Waals surface area contributed by atoms with E-state index < -0.39 is 0 Å². The van der Waals surface area contributed by atoms with E-state index >= 15 is 0 Å². The average molecular weight is 378 g/mol. The number of carbonyl (C=O) groups is 1. The molecule has 144 valence electrons. The topological polar surface area (TPSA) is 85.9 Å². The second-order valence-corrected chi connectivity index (χ2v) is 7.08. The van der Waals surface area contributed by atoms with Crippen molar-refractivity contribution >= 4 is 5.91 Å². The van der Waals surface area contributed by atoms with E-state index in [4.69, 9.17) is 0 Å². The lowest BCUT2D eigenvalue weighted by atomic mass is 9.96. The predicted octanol–water partition coefficient (Wildman–Crippen LogP) is 1.59. The molecule has 1 amide bonds. The molecule has 0 saturated carbocycles. The number of piperidine rings is 1. The maximum absolute atomic E-state index is 12.6. The van der Waals surface area contributed by atoms with Crippen LogP contribution in [0.5, 0.6) is 0 Å². The van der Waals surface area contributed by atoms with E-state index in [0.717, 1.165) is 18.4 Å². The maximum Gasteiger partial charge on any atom is 0.272 e. The summed E-state index contributed by atoms with van der Waals surface area (Å²) in [6, 6.07) is 7.00. The van der Waals surface area contributed by atoms with Gasteiger partial charge in [-0.3, -0.25) is 23.8 Å². The number of aromatic nitrogens is 5. The maximum atomic E-state index is 12.6. The highest BCUT2D eigenvalue weighted by molar-refractivity contribution is 5.92. The summed E-state index contributed by atoms with van der Waals surface area (Å²) in [6.07, 6.45) is 8.35. The van der Waals surface area contributed by atoms with Crippen LogP contribution >= 0.6 is 0 Å². The third kappa shape index (κ3) is 3.71. The highest BCUT2D eigenvalue weighted by atomic mass is 16.2. The number of aryl methyl sites for hydroxylation is 1. The highest BCUT2D eigenvalue weighted by Gasteiger charge is 2.25. The summed E-state index contributed by atoms with van der Waals surface area (Å²) in [6.45, 7) is 1.99. The highest BCUT2D eigenvalue weighted by Crippen LogP contribution is 2.20. The van der Waals surface area contributed by atoms with Crippen LogP contribution in [0.2, 0.25) is 0 Å². The lowest BCUT2D eigenvalue weighted by molar-refractivity contribution is 0.0671. The summed E-state index contributed by atoms with van der Waals surface area (Å²) in [5, 5.41) is 4.06. The Morgan fingerprint density at radius 2 is 2.04 bits per heavy atom. The Morgan fingerprint density at radius 1 is 1.21 bits per heavy atom. The second-order valence-electron chi connectivity index (χ2n) is 7.08. The molecule has 8 nitrogen and oxygen atoms in total. The summed E-state index contributed by atoms with van der Waals surface area (Å²) in [7, 11) is 1.77. The number of carbonyl (C=O) groups excluding carboxylic acids is 1. The van der Waals surface area contributed by atoms with E-state index in [2.05, 4.69) is 15.1 Å². The fourth-order valence-corrected chi connectivity index (χ4v) is 3.58. The van der Waals surface area contributed by atoms with Crippen molar-refractivity contribution in [2.75, 3.05) is 13.1 Å². The Labute approximate surface area is 162 Å². The minimum absolute atomic E-state index is 0.0121. The van der Waals surface area contributed by atoms with Crippen molar-refractivity contribution in [3.63, 3.8) is 0 Å². The fourth-order valence-electron chi connectivity index (χ4n) is 3.58. The van der Waals surface area contributed by atoms with E-state index in [1.807, 2.05) is 17.0 Å². The Morgan fingerprint density at radius 3 is 2.68 bits per heavy atom. The van der Waals surface area contributed by atoms with E-state index in [1.54, 1.807) is 53.3 Å². The molecule has 1 aliphatic heterocycles. The van der Waals surface area contributed by atoms with Crippen LogP contribution in [0.25, 0.3) is 11.3 Å². The van der Waals surface area contributed by atoms with Gasteiger partial charge in [-0.25, -0.2) is 4.98 Å². The molecular weight excluding hydrogens is 356 g/mol. The second kappa shape index (κ2) is 7.75. The zero-order valence-electron chi connectivity index (χ0n) is 15.7. The van der Waals surface area contributed by atoms with Crippen LogP contribution in [0.1, 0.15) is 23.3 Å². The molecule has 0 bridgehead atoms. The van der Waals surface area contributed by atoms with Crippen molar-refractivity contribution in [1.29, 1.82) is 0 Å². The van der Waals surface area contributed by atoms with Gasteiger partial charge < -0.3 is 4.90 Å². The smallest absolute Gasteiger partial charge is 0.272 e. The van der Waals surface area contributed by atoms with Crippen LogP contribution in [0.4, 0.5) is 0 Å². The number of hydrogen-bond donors (Lipinski definition) is 0. The van der Waals surface area contributed by atoms with Gasteiger partial charge in [0.25, 0.3) is 11.5 Å². The molecule has 0 radical (unpaired) electrons. The molecule has 28 heavy (non-hydrogen) atoms. The third-order valence-corrected chi connectivity index (χ3v) is 5.23. The SMILES string of the molecule is Cn1nccc1C(=O)N1CCC(Cn2cnc(-c3cccnc3)cc2=O)CC1. The number of rotatable bonds is 4. The molecule has 1 saturated heterocycles. The van der Waals surface area contributed by atoms with Gasteiger partial charge in [-0.15, -0.1) is 0 Å². The van der Waals surface area contributed by atoms with Crippen molar-refractivity contribution in [3.8, 4) is 11.3 Å². The Kier molecular flexibility index (Phi) is 5.01. The number of pyridine rings is 1. The Balaban J connectivity index is 1.38. The molecule has 8 heteroatoms. The summed E-state index contributed by atoms with van der Waals surface area (Å²) < 4.78 is 3.26. The fraction of sp³-hybridized carbons (Fsp3) is 0.350. The first-order chi connectivity index (χ1) is 13.6. The predicted molar refractivity (Wildman–Crippen MR) is 104 cm³/mol. The zero-order valence-corrected chi connectivity index (χ0v) is 15.7. The molecule has 0 unspecified atom stereocenters. The van der Waals surface area contributed by atoms with E-state index in [1.165, 1.54) is 0 Å². The third-order valence-electron chi connectivity index (χ3n) is 5.23. The van der Waals surface area contributed by atoms with Gasteiger partial charge in [-0.05, 0) is 37.0 Å². The minimum Gasteiger partial charge on any atom is -0.337 e. The lowest BCUT2D eigenvalue weighted by Crippen LogP contribution is -2.40. The van der Waals surface area contributed by atoms with Gasteiger partial charge in [0.1, 0.15) is 5.69 Å². The van der Waals surface area contributed by atoms with E-state index in [9.17, 15) is 9.59 Å². The lowest BCUT2D eigenvalue weighted by Gasteiger charge is -2.32. The van der Waals surface area contributed by atoms with Crippen LogP contribution in [-0.4, -0.2) is 48.2 Å². The number of hydrogen-bond acceptors (Lipinski definition) is 5. The molecule has 0 N–H and O–H groups in total. The molecule has 3 aromatic heterocycles. The molecule has 0 atom stereocenters. The van der Waals surface area contributed by atoms with Crippen LogP contribution in [0, 0.1) is 5.92 Å². The van der Waals surface area contributed by atoms with Crippen molar-refractivity contribution in [2.45, 2.75) is 19.4 Å². The van der Waals surface area contributed by atoms with Gasteiger partial charge in [-0.2, -0.15) is 5.10 Å². The van der Waals surface area contributed by atoms with E-state index in [0.29, 0.717) is 36.9 Å². The minimum atomic E-state index is -0.0674. The van der Waals surface area contributed by atoms with E-state index in [-0.39, 0.29) is 11.5 Å². The molecule has 3 aromatic rings. The van der Waals surface area contributed by atoms with Crippen molar-refractivity contribution in [1.82, 2.24) is 29.2 Å². The van der Waals surface area contributed by atoms with Gasteiger partial charge in [0.05, 0.1) is 12.0 Å². The van der Waals surface area contributed by atoms with Crippen LogP contribution < -0.4 is 5.56 Å². The van der Waals surface area contributed by atoms with Crippen molar-refractivity contribution < 1.29 is 4.79 Å². The first kappa shape index (κ1) is 18.1. The van der Waals surface area contributed by atoms with Crippen LogP contribution in [0.3, 0.4) is 0 Å². The van der Waals surface area contributed by atoms with Gasteiger partial charge in [-0.1, -0.05) is 0 Å². The first-order valence-electron chi connectivity index (χ1n) is 9.36. The quantitative estimate of drug-likeness (QED) is 0.688. The van der Waals surface area contributed by atoms with Crippen molar-refractivity contribution in [3.05, 3.63) is 65.2 Å². The summed E-state index contributed by atoms with van der Waals surface area (Å²) in [5.41, 5.74) is 1.99. The molecule has 4 heterocycles. The number of likely N-dealkylation sites (tertiary alicyclic amines) is 1. The largest absolute Gasteiger partial charge is 0.337 e. The summed E-state index contributed by atoms with van der Waals surface area (Å²) in [5.74, 6) is 0.359. The molecule has 0 spiro atoms. The molecule has 1 fully saturated rings.